The molecule has 140 valence electrons. The van der Waals surface area contributed by atoms with Crippen molar-refractivity contribution in [3.8, 4) is 5.69 Å². The van der Waals surface area contributed by atoms with Gasteiger partial charge in [0, 0.05) is 13.7 Å². The van der Waals surface area contributed by atoms with E-state index in [-0.39, 0.29) is 30.1 Å². The van der Waals surface area contributed by atoms with Crippen LogP contribution in [0.4, 0.5) is 4.39 Å². The van der Waals surface area contributed by atoms with E-state index in [4.69, 9.17) is 4.74 Å². The summed E-state index contributed by atoms with van der Waals surface area (Å²) in [5.41, 5.74) is 1.73. The van der Waals surface area contributed by atoms with Crippen LogP contribution in [0.1, 0.15) is 35.8 Å². The predicted octanol–water partition coefficient (Wildman–Crippen LogP) is 1.63. The summed E-state index contributed by atoms with van der Waals surface area (Å²) in [7, 11) is 1.54. The third-order valence-corrected chi connectivity index (χ3v) is 3.71. The van der Waals surface area contributed by atoms with Gasteiger partial charge in [0.1, 0.15) is 5.82 Å². The van der Waals surface area contributed by atoms with Gasteiger partial charge in [0.25, 0.3) is 5.91 Å². The maximum absolute atomic E-state index is 13.1. The lowest BCUT2D eigenvalue weighted by Gasteiger charge is -2.13. The van der Waals surface area contributed by atoms with Crippen molar-refractivity contribution in [2.45, 2.75) is 19.8 Å². The zero-order valence-electron chi connectivity index (χ0n) is 15.1. The van der Waals surface area contributed by atoms with Crippen molar-refractivity contribution in [1.29, 1.82) is 0 Å². The number of ether oxygens (including phenoxy) is 1. The van der Waals surface area contributed by atoms with Crippen LogP contribution in [0, 0.1) is 5.82 Å². The van der Waals surface area contributed by atoms with Crippen LogP contribution >= 0.6 is 0 Å². The van der Waals surface area contributed by atoms with Crippen LogP contribution in [-0.2, 0) is 9.53 Å². The lowest BCUT2D eigenvalue weighted by Crippen LogP contribution is -2.38. The molecule has 2 rings (SSSR count). The summed E-state index contributed by atoms with van der Waals surface area (Å²) in [5.74, 6) is -1.03. The second kappa shape index (κ2) is 9.10. The molecule has 0 spiro atoms. The number of halogens is 1. The standard InChI is InChI=1S/C18H23FN4O3/c1-12(2)17-15(18(25)21-11-16(24)20-8-9-26-3)10-22-23(17)14-6-4-13(19)5-7-14/h4-7,10,12H,8-9,11H2,1-3H3,(H,20,24)(H,21,25). The highest BCUT2D eigenvalue weighted by Gasteiger charge is 2.21. The maximum atomic E-state index is 13.1. The molecular weight excluding hydrogens is 339 g/mol. The van der Waals surface area contributed by atoms with Gasteiger partial charge in [0.15, 0.2) is 0 Å². The number of benzene rings is 1. The number of rotatable bonds is 8. The molecule has 2 aromatic rings. The molecule has 0 saturated heterocycles. The number of amides is 2. The summed E-state index contributed by atoms with van der Waals surface area (Å²) in [5, 5.41) is 9.48. The molecule has 26 heavy (non-hydrogen) atoms. The van der Waals surface area contributed by atoms with Crippen molar-refractivity contribution in [3.05, 3.63) is 47.5 Å². The van der Waals surface area contributed by atoms with E-state index in [0.29, 0.717) is 30.1 Å². The molecule has 0 saturated carbocycles. The average molecular weight is 362 g/mol. The summed E-state index contributed by atoms with van der Waals surface area (Å²) in [6, 6.07) is 5.87. The first-order valence-corrected chi connectivity index (χ1v) is 8.31. The Labute approximate surface area is 151 Å². The van der Waals surface area contributed by atoms with Gasteiger partial charge in [-0.1, -0.05) is 13.8 Å². The minimum absolute atomic E-state index is 0.00108. The Bertz CT molecular complexity index is 756. The van der Waals surface area contributed by atoms with Crippen LogP contribution in [0.3, 0.4) is 0 Å². The molecular formula is C18H23FN4O3. The lowest BCUT2D eigenvalue weighted by molar-refractivity contribution is -0.120. The van der Waals surface area contributed by atoms with Crippen LogP contribution in [0.5, 0.6) is 0 Å². The number of carbonyl (C=O) groups is 2. The number of hydrogen-bond donors (Lipinski definition) is 2. The molecule has 1 aromatic heterocycles. The molecule has 7 nitrogen and oxygen atoms in total. The number of methoxy groups -OCH3 is 1. The van der Waals surface area contributed by atoms with E-state index in [1.807, 2.05) is 13.8 Å². The highest BCUT2D eigenvalue weighted by Crippen LogP contribution is 2.23. The van der Waals surface area contributed by atoms with Crippen molar-refractivity contribution >= 4 is 11.8 Å². The Morgan fingerprint density at radius 2 is 1.92 bits per heavy atom. The third-order valence-electron chi connectivity index (χ3n) is 3.71. The topological polar surface area (TPSA) is 85.2 Å². The monoisotopic (exact) mass is 362 g/mol. The molecule has 0 aliphatic rings. The first-order valence-electron chi connectivity index (χ1n) is 8.31. The molecule has 2 amide bonds. The minimum atomic E-state index is -0.385. The van der Waals surface area contributed by atoms with Gasteiger partial charge in [-0.05, 0) is 30.2 Å². The van der Waals surface area contributed by atoms with E-state index in [1.54, 1.807) is 23.9 Å². The SMILES string of the molecule is COCCNC(=O)CNC(=O)c1cnn(-c2ccc(F)cc2)c1C(C)C. The summed E-state index contributed by atoms with van der Waals surface area (Å²) >= 11 is 0. The summed E-state index contributed by atoms with van der Waals surface area (Å²) in [6.45, 7) is 4.52. The molecule has 0 bridgehead atoms. The predicted molar refractivity (Wildman–Crippen MR) is 94.8 cm³/mol. The Hall–Kier alpha value is -2.74. The molecule has 0 fully saturated rings. The van der Waals surface area contributed by atoms with E-state index in [9.17, 15) is 14.0 Å². The fraction of sp³-hybridized carbons (Fsp3) is 0.389. The van der Waals surface area contributed by atoms with Crippen molar-refractivity contribution in [3.63, 3.8) is 0 Å². The Morgan fingerprint density at radius 1 is 1.23 bits per heavy atom. The molecule has 0 aliphatic carbocycles. The lowest BCUT2D eigenvalue weighted by atomic mass is 10.0. The molecule has 2 N–H and O–H groups in total. The van der Waals surface area contributed by atoms with E-state index in [1.165, 1.54) is 18.3 Å². The summed E-state index contributed by atoms with van der Waals surface area (Å²) < 4.78 is 19.6. The quantitative estimate of drug-likeness (QED) is 0.699. The summed E-state index contributed by atoms with van der Waals surface area (Å²) in [6.07, 6.45) is 1.46. The van der Waals surface area contributed by atoms with Gasteiger partial charge in [-0.15, -0.1) is 0 Å². The molecule has 1 aromatic carbocycles. The maximum Gasteiger partial charge on any atom is 0.255 e. The van der Waals surface area contributed by atoms with Crippen LogP contribution in [-0.4, -0.2) is 48.4 Å². The van der Waals surface area contributed by atoms with Crippen molar-refractivity contribution in [1.82, 2.24) is 20.4 Å². The van der Waals surface area contributed by atoms with E-state index < -0.39 is 0 Å². The minimum Gasteiger partial charge on any atom is -0.383 e. The normalized spacial score (nSPS) is 10.8. The molecule has 8 heteroatoms. The third kappa shape index (κ3) is 4.89. The summed E-state index contributed by atoms with van der Waals surface area (Å²) in [4.78, 5) is 24.2. The highest BCUT2D eigenvalue weighted by molar-refractivity contribution is 5.97. The molecule has 0 atom stereocenters. The van der Waals surface area contributed by atoms with Crippen molar-refractivity contribution < 1.29 is 18.7 Å². The van der Waals surface area contributed by atoms with Crippen LogP contribution in [0.15, 0.2) is 30.5 Å². The zero-order valence-corrected chi connectivity index (χ0v) is 15.1. The highest BCUT2D eigenvalue weighted by atomic mass is 19.1. The second-order valence-corrected chi connectivity index (χ2v) is 6.01. The van der Waals surface area contributed by atoms with Gasteiger partial charge in [-0.2, -0.15) is 5.10 Å². The Kier molecular flexibility index (Phi) is 6.85. The van der Waals surface area contributed by atoms with Gasteiger partial charge >= 0.3 is 0 Å². The molecule has 0 aliphatic heterocycles. The van der Waals surface area contributed by atoms with Crippen LogP contribution in [0.2, 0.25) is 0 Å². The second-order valence-electron chi connectivity index (χ2n) is 6.01. The number of nitrogens with one attached hydrogen (secondary N) is 2. The fourth-order valence-electron chi connectivity index (χ4n) is 2.49. The van der Waals surface area contributed by atoms with Gasteiger partial charge in [-0.25, -0.2) is 9.07 Å². The molecule has 0 radical (unpaired) electrons. The van der Waals surface area contributed by atoms with Gasteiger partial charge < -0.3 is 15.4 Å². The number of aromatic nitrogens is 2. The molecule has 1 heterocycles. The first-order chi connectivity index (χ1) is 12.4. The van der Waals surface area contributed by atoms with Crippen LogP contribution in [0.25, 0.3) is 5.69 Å². The average Bonchev–Trinajstić information content (AvgIpc) is 3.06. The van der Waals surface area contributed by atoms with Gasteiger partial charge in [0.2, 0.25) is 5.91 Å². The Morgan fingerprint density at radius 3 is 2.54 bits per heavy atom. The van der Waals surface area contributed by atoms with E-state index in [2.05, 4.69) is 15.7 Å². The number of hydrogen-bond acceptors (Lipinski definition) is 4. The van der Waals surface area contributed by atoms with Crippen molar-refractivity contribution in [2.24, 2.45) is 0 Å². The molecule has 0 unspecified atom stereocenters. The Balaban J connectivity index is 2.12. The van der Waals surface area contributed by atoms with E-state index in [0.717, 1.165) is 0 Å². The van der Waals surface area contributed by atoms with Gasteiger partial charge in [0.05, 0.1) is 36.3 Å². The fourth-order valence-corrected chi connectivity index (χ4v) is 2.49. The number of carbonyl (C=O) groups excluding carboxylic acids is 2. The van der Waals surface area contributed by atoms with Gasteiger partial charge in [-0.3, -0.25) is 9.59 Å². The number of nitrogens with zero attached hydrogens (tertiary/aromatic N) is 2. The first kappa shape index (κ1) is 19.6. The largest absolute Gasteiger partial charge is 0.383 e. The van der Waals surface area contributed by atoms with Crippen LogP contribution < -0.4 is 10.6 Å². The zero-order chi connectivity index (χ0) is 19.1. The van der Waals surface area contributed by atoms with E-state index >= 15 is 0 Å². The smallest absolute Gasteiger partial charge is 0.255 e. The van der Waals surface area contributed by atoms with Crippen molar-refractivity contribution in [2.75, 3.05) is 26.8 Å².